The van der Waals surface area contributed by atoms with Gasteiger partial charge in [-0.3, -0.25) is 4.79 Å². The van der Waals surface area contributed by atoms with E-state index in [2.05, 4.69) is 15.6 Å². The van der Waals surface area contributed by atoms with Crippen molar-refractivity contribution < 1.29 is 9.90 Å². The zero-order valence-electron chi connectivity index (χ0n) is 12.4. The molecule has 2 rings (SSSR count). The van der Waals surface area contributed by atoms with Gasteiger partial charge in [0.1, 0.15) is 16.6 Å². The van der Waals surface area contributed by atoms with Crippen LogP contribution in [0.3, 0.4) is 0 Å². The van der Waals surface area contributed by atoms with Crippen molar-refractivity contribution in [1.82, 2.24) is 10.3 Å². The lowest BCUT2D eigenvalue weighted by atomic mass is 9.96. The molecule has 2 aromatic rings. The number of aliphatic hydroxyl groups is 1. The molecule has 0 saturated heterocycles. The molecule has 1 unspecified atom stereocenters. The van der Waals surface area contributed by atoms with Gasteiger partial charge >= 0.3 is 0 Å². The highest BCUT2D eigenvalue weighted by atomic mass is 35.5. The lowest BCUT2D eigenvalue weighted by Crippen LogP contribution is -2.38. The smallest absolute Gasteiger partial charge is 0.251 e. The average Bonchev–Trinajstić information content (AvgIpc) is 2.53. The predicted molar refractivity (Wildman–Crippen MR) is 87.1 cm³/mol. The number of rotatable bonds is 5. The number of carbonyl (C=O) groups is 1. The van der Waals surface area contributed by atoms with Gasteiger partial charge in [0.2, 0.25) is 0 Å². The number of benzene rings is 1. The molecule has 1 heterocycles. The van der Waals surface area contributed by atoms with Crippen LogP contribution in [0.1, 0.15) is 22.8 Å². The molecule has 0 spiro atoms. The molecule has 6 heteroatoms. The quantitative estimate of drug-likeness (QED) is 0.740. The number of halogens is 1. The van der Waals surface area contributed by atoms with Gasteiger partial charge in [-0.25, -0.2) is 4.98 Å². The van der Waals surface area contributed by atoms with Crippen molar-refractivity contribution in [3.05, 3.63) is 58.7 Å². The Morgan fingerprint density at radius 3 is 2.64 bits per heavy atom. The Morgan fingerprint density at radius 1 is 1.32 bits per heavy atom. The largest absolute Gasteiger partial charge is 0.384 e. The third kappa shape index (κ3) is 3.96. The van der Waals surface area contributed by atoms with Crippen molar-refractivity contribution in [2.24, 2.45) is 0 Å². The topological polar surface area (TPSA) is 74.2 Å². The molecule has 1 amide bonds. The van der Waals surface area contributed by atoms with Crippen LogP contribution >= 0.6 is 11.6 Å². The summed E-state index contributed by atoms with van der Waals surface area (Å²) in [6, 6.07) is 12.3. The Kier molecular flexibility index (Phi) is 5.00. The maximum absolute atomic E-state index is 12.2. The second kappa shape index (κ2) is 6.77. The first kappa shape index (κ1) is 16.3. The van der Waals surface area contributed by atoms with Crippen molar-refractivity contribution in [2.45, 2.75) is 12.5 Å². The Bertz CT molecular complexity index is 660. The first-order valence-electron chi connectivity index (χ1n) is 6.84. The molecule has 0 radical (unpaired) electrons. The lowest BCUT2D eigenvalue weighted by molar-refractivity contribution is 0.0526. The van der Waals surface area contributed by atoms with Gasteiger partial charge in [-0.1, -0.05) is 41.9 Å². The average molecular weight is 320 g/mol. The van der Waals surface area contributed by atoms with E-state index in [1.165, 1.54) is 6.07 Å². The van der Waals surface area contributed by atoms with Crippen LogP contribution in [0.2, 0.25) is 5.15 Å². The van der Waals surface area contributed by atoms with Gasteiger partial charge in [-0.05, 0) is 24.6 Å². The maximum atomic E-state index is 12.2. The third-order valence-electron chi connectivity index (χ3n) is 3.30. The predicted octanol–water partition coefficient (Wildman–Crippen LogP) is 2.41. The summed E-state index contributed by atoms with van der Waals surface area (Å²) in [6.45, 7) is 1.74. The Hall–Kier alpha value is -2.11. The van der Waals surface area contributed by atoms with Crippen molar-refractivity contribution >= 4 is 23.3 Å². The number of hydrogen-bond donors (Lipinski definition) is 3. The van der Waals surface area contributed by atoms with Crippen LogP contribution in [0.25, 0.3) is 0 Å². The van der Waals surface area contributed by atoms with Crippen molar-refractivity contribution in [3.8, 4) is 0 Å². The van der Waals surface area contributed by atoms with E-state index < -0.39 is 5.60 Å². The first-order valence-corrected chi connectivity index (χ1v) is 7.21. The van der Waals surface area contributed by atoms with Gasteiger partial charge in [-0.15, -0.1) is 0 Å². The number of hydrogen-bond acceptors (Lipinski definition) is 4. The SMILES string of the molecule is CNc1cc(C(=O)NCC(C)(O)c2ccccc2)cc(Cl)n1. The molecule has 22 heavy (non-hydrogen) atoms. The zero-order valence-corrected chi connectivity index (χ0v) is 13.2. The summed E-state index contributed by atoms with van der Waals surface area (Å²) >= 11 is 5.88. The molecule has 0 aliphatic carbocycles. The highest BCUT2D eigenvalue weighted by Crippen LogP contribution is 2.19. The fraction of sp³-hybridized carbons (Fsp3) is 0.250. The van der Waals surface area contributed by atoms with E-state index in [0.29, 0.717) is 11.4 Å². The van der Waals surface area contributed by atoms with Crippen LogP contribution in [0.15, 0.2) is 42.5 Å². The Labute approximate surface area is 134 Å². The molecule has 0 aliphatic rings. The van der Waals surface area contributed by atoms with E-state index in [-0.39, 0.29) is 17.6 Å². The van der Waals surface area contributed by atoms with E-state index in [1.54, 1.807) is 20.0 Å². The number of nitrogens with one attached hydrogen (secondary N) is 2. The fourth-order valence-corrected chi connectivity index (χ4v) is 2.22. The van der Waals surface area contributed by atoms with Gasteiger partial charge in [-0.2, -0.15) is 0 Å². The minimum Gasteiger partial charge on any atom is -0.384 e. The molecule has 0 saturated carbocycles. The Morgan fingerprint density at radius 2 is 2.00 bits per heavy atom. The summed E-state index contributed by atoms with van der Waals surface area (Å²) in [4.78, 5) is 16.2. The molecule has 1 atom stereocenters. The van der Waals surface area contributed by atoms with Crippen molar-refractivity contribution in [1.29, 1.82) is 0 Å². The Balaban J connectivity index is 2.08. The molecular weight excluding hydrogens is 302 g/mol. The number of carbonyl (C=O) groups excluding carboxylic acids is 1. The molecule has 5 nitrogen and oxygen atoms in total. The van der Waals surface area contributed by atoms with Crippen LogP contribution in [0, 0.1) is 0 Å². The summed E-state index contributed by atoms with van der Waals surface area (Å²) in [7, 11) is 1.69. The standard InChI is InChI=1S/C16H18ClN3O2/c1-16(22,12-6-4-3-5-7-12)10-19-15(21)11-8-13(17)20-14(9-11)18-2/h3-9,22H,10H2,1-2H3,(H,18,20)(H,19,21). The van der Waals surface area contributed by atoms with Gasteiger partial charge in [0.25, 0.3) is 5.91 Å². The van der Waals surface area contributed by atoms with Crippen LogP contribution in [-0.4, -0.2) is 29.6 Å². The van der Waals surface area contributed by atoms with Crippen LogP contribution in [-0.2, 0) is 5.60 Å². The lowest BCUT2D eigenvalue weighted by Gasteiger charge is -2.24. The molecule has 1 aromatic heterocycles. The van der Waals surface area contributed by atoms with Crippen LogP contribution in [0.4, 0.5) is 5.82 Å². The van der Waals surface area contributed by atoms with Gasteiger partial charge in [0.05, 0.1) is 6.54 Å². The normalized spacial score (nSPS) is 13.3. The summed E-state index contributed by atoms with van der Waals surface area (Å²) < 4.78 is 0. The van der Waals surface area contributed by atoms with E-state index in [4.69, 9.17) is 11.6 Å². The third-order valence-corrected chi connectivity index (χ3v) is 3.49. The van der Waals surface area contributed by atoms with Crippen molar-refractivity contribution in [2.75, 3.05) is 18.9 Å². The molecule has 3 N–H and O–H groups in total. The van der Waals surface area contributed by atoms with E-state index in [1.807, 2.05) is 30.3 Å². The van der Waals surface area contributed by atoms with Crippen LogP contribution < -0.4 is 10.6 Å². The van der Waals surface area contributed by atoms with Gasteiger partial charge in [0.15, 0.2) is 0 Å². The van der Waals surface area contributed by atoms with Gasteiger partial charge < -0.3 is 15.7 Å². The molecule has 116 valence electrons. The molecule has 0 aliphatic heterocycles. The number of aromatic nitrogens is 1. The second-order valence-corrected chi connectivity index (χ2v) is 5.52. The van der Waals surface area contributed by atoms with E-state index in [0.717, 1.165) is 5.56 Å². The highest BCUT2D eigenvalue weighted by Gasteiger charge is 2.23. The minimum atomic E-state index is -1.15. The minimum absolute atomic E-state index is 0.0880. The van der Waals surface area contributed by atoms with Gasteiger partial charge in [0, 0.05) is 12.6 Å². The van der Waals surface area contributed by atoms with E-state index >= 15 is 0 Å². The molecule has 1 aromatic carbocycles. The summed E-state index contributed by atoms with van der Waals surface area (Å²) in [5.41, 5.74) is -0.0354. The second-order valence-electron chi connectivity index (χ2n) is 5.14. The first-order chi connectivity index (χ1) is 10.4. The molecule has 0 fully saturated rings. The number of amides is 1. The number of pyridine rings is 1. The van der Waals surface area contributed by atoms with Crippen LogP contribution in [0.5, 0.6) is 0 Å². The number of anilines is 1. The zero-order chi connectivity index (χ0) is 16.2. The summed E-state index contributed by atoms with van der Waals surface area (Å²) in [6.07, 6.45) is 0. The summed E-state index contributed by atoms with van der Waals surface area (Å²) in [5, 5.41) is 16.2. The van der Waals surface area contributed by atoms with Crippen molar-refractivity contribution in [3.63, 3.8) is 0 Å². The highest BCUT2D eigenvalue weighted by molar-refractivity contribution is 6.29. The summed E-state index contributed by atoms with van der Waals surface area (Å²) in [5.74, 6) is 0.185. The fourth-order valence-electron chi connectivity index (χ4n) is 2.01. The molecular formula is C16H18ClN3O2. The monoisotopic (exact) mass is 319 g/mol. The van der Waals surface area contributed by atoms with E-state index in [9.17, 15) is 9.90 Å². The molecule has 0 bridgehead atoms. The number of nitrogens with zero attached hydrogens (tertiary/aromatic N) is 1. The maximum Gasteiger partial charge on any atom is 0.251 e.